The Kier molecular flexibility index (Phi) is 5.04. The first-order valence-electron chi connectivity index (χ1n) is 5.90. The van der Waals surface area contributed by atoms with Crippen molar-refractivity contribution in [3.05, 3.63) is 57.5 Å². The fraction of sp³-hybridized carbons (Fsp3) is 0.133. The van der Waals surface area contributed by atoms with Crippen LogP contribution >= 0.6 is 27.5 Å². The Morgan fingerprint density at radius 3 is 2.45 bits per heavy atom. The highest BCUT2D eigenvalue weighted by Gasteiger charge is 2.05. The highest BCUT2D eigenvalue weighted by atomic mass is 79.9. The second kappa shape index (κ2) is 6.77. The Morgan fingerprint density at radius 1 is 1.15 bits per heavy atom. The van der Waals surface area contributed by atoms with Crippen LogP contribution in [-0.4, -0.2) is 5.97 Å². The van der Waals surface area contributed by atoms with Crippen LogP contribution in [0.1, 0.15) is 12.5 Å². The van der Waals surface area contributed by atoms with E-state index in [1.807, 2.05) is 18.2 Å². The summed E-state index contributed by atoms with van der Waals surface area (Å²) in [4.78, 5) is 10.9. The molecule has 0 unspecified atom stereocenters. The van der Waals surface area contributed by atoms with E-state index in [1.165, 1.54) is 6.92 Å². The number of carbonyl (C=O) groups is 1. The summed E-state index contributed by atoms with van der Waals surface area (Å²) in [6, 6.07) is 12.6. The lowest BCUT2D eigenvalue weighted by Crippen LogP contribution is -1.99. The Morgan fingerprint density at radius 2 is 1.80 bits per heavy atom. The average molecular weight is 356 g/mol. The molecule has 0 heterocycles. The SMILES string of the molecule is CC(=O)OCc1cc(Oc2ccc(Cl)cc2)ccc1Br. The number of hydrogen-bond acceptors (Lipinski definition) is 3. The van der Waals surface area contributed by atoms with E-state index in [9.17, 15) is 4.79 Å². The number of benzene rings is 2. The van der Waals surface area contributed by atoms with Crippen LogP contribution in [0.2, 0.25) is 5.02 Å². The lowest BCUT2D eigenvalue weighted by molar-refractivity contribution is -0.142. The van der Waals surface area contributed by atoms with Crippen LogP contribution in [0.15, 0.2) is 46.9 Å². The molecule has 3 nitrogen and oxygen atoms in total. The monoisotopic (exact) mass is 354 g/mol. The molecule has 0 aliphatic rings. The largest absolute Gasteiger partial charge is 0.461 e. The summed E-state index contributed by atoms with van der Waals surface area (Å²) in [7, 11) is 0. The first-order chi connectivity index (χ1) is 9.54. The molecule has 2 aromatic carbocycles. The van der Waals surface area contributed by atoms with Crippen molar-refractivity contribution in [1.29, 1.82) is 0 Å². The van der Waals surface area contributed by atoms with E-state index >= 15 is 0 Å². The fourth-order valence-electron chi connectivity index (χ4n) is 1.54. The molecule has 0 aromatic heterocycles. The van der Waals surface area contributed by atoms with Gasteiger partial charge in [-0.15, -0.1) is 0 Å². The first-order valence-corrected chi connectivity index (χ1v) is 7.07. The molecule has 0 atom stereocenters. The van der Waals surface area contributed by atoms with Crippen molar-refractivity contribution in [2.45, 2.75) is 13.5 Å². The van der Waals surface area contributed by atoms with Gasteiger partial charge in [0.05, 0.1) is 0 Å². The van der Waals surface area contributed by atoms with Gasteiger partial charge in [-0.2, -0.15) is 0 Å². The van der Waals surface area contributed by atoms with Crippen LogP contribution in [-0.2, 0) is 16.1 Å². The van der Waals surface area contributed by atoms with E-state index in [4.69, 9.17) is 21.1 Å². The van der Waals surface area contributed by atoms with Crippen LogP contribution in [0, 0.1) is 0 Å². The normalized spacial score (nSPS) is 10.2. The Hall–Kier alpha value is -1.52. The highest BCUT2D eigenvalue weighted by Crippen LogP contribution is 2.27. The molecule has 0 N–H and O–H groups in total. The molecule has 0 aliphatic heterocycles. The molecule has 2 aromatic rings. The van der Waals surface area contributed by atoms with E-state index in [2.05, 4.69) is 15.9 Å². The first kappa shape index (κ1) is 14.9. The average Bonchev–Trinajstić information content (AvgIpc) is 2.42. The number of ether oxygens (including phenoxy) is 2. The zero-order chi connectivity index (χ0) is 14.5. The summed E-state index contributed by atoms with van der Waals surface area (Å²) in [6.45, 7) is 1.58. The minimum Gasteiger partial charge on any atom is -0.461 e. The van der Waals surface area contributed by atoms with E-state index in [0.717, 1.165) is 10.0 Å². The van der Waals surface area contributed by atoms with Crippen molar-refractivity contribution in [3.8, 4) is 11.5 Å². The quantitative estimate of drug-likeness (QED) is 0.727. The highest BCUT2D eigenvalue weighted by molar-refractivity contribution is 9.10. The molecule has 0 saturated heterocycles. The van der Waals surface area contributed by atoms with Gasteiger partial charge in [0.25, 0.3) is 0 Å². The predicted octanol–water partition coefficient (Wildman–Crippen LogP) is 4.96. The van der Waals surface area contributed by atoms with Gasteiger partial charge in [-0.1, -0.05) is 27.5 Å². The maximum absolute atomic E-state index is 10.9. The molecule has 0 aliphatic carbocycles. The molecule has 0 radical (unpaired) electrons. The van der Waals surface area contributed by atoms with Crippen LogP contribution in [0.25, 0.3) is 0 Å². The number of rotatable bonds is 4. The molecule has 0 bridgehead atoms. The van der Waals surface area contributed by atoms with E-state index < -0.39 is 0 Å². The maximum atomic E-state index is 10.9. The Bertz CT molecular complexity index is 611. The van der Waals surface area contributed by atoms with Gasteiger partial charge in [0.15, 0.2) is 0 Å². The van der Waals surface area contributed by atoms with Crippen molar-refractivity contribution < 1.29 is 14.3 Å². The summed E-state index contributed by atoms with van der Waals surface area (Å²) in [5.74, 6) is 1.04. The van der Waals surface area contributed by atoms with Crippen molar-refractivity contribution in [1.82, 2.24) is 0 Å². The van der Waals surface area contributed by atoms with Crippen LogP contribution in [0.3, 0.4) is 0 Å². The van der Waals surface area contributed by atoms with E-state index in [-0.39, 0.29) is 12.6 Å². The number of carbonyl (C=O) groups excluding carboxylic acids is 1. The predicted molar refractivity (Wildman–Crippen MR) is 81.1 cm³/mol. The Labute approximate surface area is 130 Å². The second-order valence-corrected chi connectivity index (χ2v) is 5.38. The van der Waals surface area contributed by atoms with Gasteiger partial charge in [-0.25, -0.2) is 0 Å². The summed E-state index contributed by atoms with van der Waals surface area (Å²) in [5.41, 5.74) is 0.840. The number of esters is 1. The fourth-order valence-corrected chi connectivity index (χ4v) is 2.03. The van der Waals surface area contributed by atoms with Gasteiger partial charge < -0.3 is 9.47 Å². The van der Waals surface area contributed by atoms with Crippen LogP contribution in [0.5, 0.6) is 11.5 Å². The van der Waals surface area contributed by atoms with Gasteiger partial charge in [-0.3, -0.25) is 4.79 Å². The maximum Gasteiger partial charge on any atom is 0.302 e. The van der Waals surface area contributed by atoms with Gasteiger partial charge in [-0.05, 0) is 42.5 Å². The topological polar surface area (TPSA) is 35.5 Å². The molecule has 0 fully saturated rings. The third-order valence-corrected chi connectivity index (χ3v) is 3.52. The molecule has 0 spiro atoms. The van der Waals surface area contributed by atoms with Gasteiger partial charge in [0.2, 0.25) is 0 Å². The molecule has 5 heteroatoms. The molecule has 104 valence electrons. The smallest absolute Gasteiger partial charge is 0.302 e. The Balaban J connectivity index is 2.14. The molecule has 0 saturated carbocycles. The molecule has 0 amide bonds. The summed E-state index contributed by atoms with van der Waals surface area (Å²) >= 11 is 9.23. The van der Waals surface area contributed by atoms with Crippen molar-refractivity contribution in [3.63, 3.8) is 0 Å². The molecule has 20 heavy (non-hydrogen) atoms. The second-order valence-electron chi connectivity index (χ2n) is 4.09. The van der Waals surface area contributed by atoms with E-state index in [1.54, 1.807) is 24.3 Å². The summed E-state index contributed by atoms with van der Waals surface area (Å²) in [6.07, 6.45) is 0. The summed E-state index contributed by atoms with van der Waals surface area (Å²) in [5, 5.41) is 0.656. The lowest BCUT2D eigenvalue weighted by atomic mass is 10.2. The van der Waals surface area contributed by atoms with E-state index in [0.29, 0.717) is 16.5 Å². The zero-order valence-corrected chi connectivity index (χ0v) is 13.1. The van der Waals surface area contributed by atoms with Crippen molar-refractivity contribution in [2.24, 2.45) is 0 Å². The van der Waals surface area contributed by atoms with Gasteiger partial charge >= 0.3 is 5.97 Å². The third-order valence-electron chi connectivity index (χ3n) is 2.50. The molecule has 2 rings (SSSR count). The molecular formula is C15H12BrClO3. The summed E-state index contributed by atoms with van der Waals surface area (Å²) < 4.78 is 11.6. The zero-order valence-electron chi connectivity index (χ0n) is 10.7. The van der Waals surface area contributed by atoms with Crippen molar-refractivity contribution in [2.75, 3.05) is 0 Å². The van der Waals surface area contributed by atoms with Crippen LogP contribution < -0.4 is 4.74 Å². The minimum atomic E-state index is -0.319. The number of hydrogen-bond donors (Lipinski definition) is 0. The lowest BCUT2D eigenvalue weighted by Gasteiger charge is -2.09. The number of halogens is 2. The van der Waals surface area contributed by atoms with Gasteiger partial charge in [0.1, 0.15) is 18.1 Å². The van der Waals surface area contributed by atoms with Crippen LogP contribution in [0.4, 0.5) is 0 Å². The standard InChI is InChI=1S/C15H12BrClO3/c1-10(18)19-9-11-8-14(6-7-15(11)16)20-13-4-2-12(17)3-5-13/h2-8H,9H2,1H3. The third kappa shape index (κ3) is 4.25. The minimum absolute atomic E-state index is 0.202. The van der Waals surface area contributed by atoms with Crippen molar-refractivity contribution >= 4 is 33.5 Å². The van der Waals surface area contributed by atoms with Gasteiger partial charge in [0, 0.05) is 22.0 Å². The molecular weight excluding hydrogens is 344 g/mol.